The maximum atomic E-state index is 13.3. The Bertz CT molecular complexity index is 1150. The number of hydrogen-bond acceptors (Lipinski definition) is 8. The number of carboxylic acids is 1. The van der Waals surface area contributed by atoms with E-state index in [2.05, 4.69) is 20.2 Å². The molecule has 3 aromatic rings. The first-order valence-corrected chi connectivity index (χ1v) is 8.92. The minimum Gasteiger partial charge on any atom is -0.475 e. The molecular formula is C18H16F6N6O4. The van der Waals surface area contributed by atoms with Gasteiger partial charge < -0.3 is 21.1 Å². The van der Waals surface area contributed by atoms with Crippen molar-refractivity contribution in [3.8, 4) is 17.1 Å². The maximum absolute atomic E-state index is 13.3. The lowest BCUT2D eigenvalue weighted by Gasteiger charge is -2.29. The van der Waals surface area contributed by atoms with Gasteiger partial charge in [-0.25, -0.2) is 14.8 Å². The van der Waals surface area contributed by atoms with Gasteiger partial charge in [-0.1, -0.05) is 12.1 Å². The zero-order valence-corrected chi connectivity index (χ0v) is 17.0. The highest BCUT2D eigenvalue weighted by molar-refractivity contribution is 5.73. The molecule has 1 aromatic carbocycles. The van der Waals surface area contributed by atoms with Crippen LogP contribution in [0.2, 0.25) is 0 Å². The molecule has 1 unspecified atom stereocenters. The molecular weight excluding hydrogens is 478 g/mol. The van der Waals surface area contributed by atoms with Crippen molar-refractivity contribution in [1.82, 2.24) is 25.0 Å². The van der Waals surface area contributed by atoms with Gasteiger partial charge in [-0.05, 0) is 24.1 Å². The van der Waals surface area contributed by atoms with E-state index in [1.807, 2.05) is 0 Å². The number of carboxylic acid groups (broad SMARTS) is 1. The summed E-state index contributed by atoms with van der Waals surface area (Å²) < 4.78 is 71.5. The SMILES string of the molecule is Cc1ccc(C(O)(CO)C(F)(F)F)cc1-c1cnc(N)c(-n2nccn2)n1.O=C(O)C(F)(F)F. The number of nitrogens with two attached hydrogens (primary N) is 1. The van der Waals surface area contributed by atoms with Gasteiger partial charge in [0.25, 0.3) is 0 Å². The average Bonchev–Trinajstić information content (AvgIpc) is 3.27. The number of anilines is 1. The highest BCUT2D eigenvalue weighted by Crippen LogP contribution is 2.40. The summed E-state index contributed by atoms with van der Waals surface area (Å²) in [5, 5.41) is 34.1. The second-order valence-electron chi connectivity index (χ2n) is 6.63. The van der Waals surface area contributed by atoms with Gasteiger partial charge in [0.05, 0.1) is 30.9 Å². The average molecular weight is 494 g/mol. The summed E-state index contributed by atoms with van der Waals surface area (Å²) in [6.07, 6.45) is -6.04. The van der Waals surface area contributed by atoms with E-state index in [-0.39, 0.29) is 22.9 Å². The molecule has 2 aromatic heterocycles. The first kappa shape index (κ1) is 26.5. The van der Waals surface area contributed by atoms with Crippen LogP contribution in [0.3, 0.4) is 0 Å². The predicted octanol–water partition coefficient (Wildman–Crippen LogP) is 1.99. The summed E-state index contributed by atoms with van der Waals surface area (Å²) in [6.45, 7) is 0.142. The molecule has 3 rings (SSSR count). The van der Waals surface area contributed by atoms with E-state index >= 15 is 0 Å². The molecule has 0 fully saturated rings. The molecule has 0 aliphatic rings. The van der Waals surface area contributed by atoms with Crippen molar-refractivity contribution in [2.45, 2.75) is 24.9 Å². The van der Waals surface area contributed by atoms with Gasteiger partial charge in [-0.2, -0.15) is 36.5 Å². The molecule has 0 amide bonds. The molecule has 184 valence electrons. The van der Waals surface area contributed by atoms with E-state index in [1.54, 1.807) is 6.92 Å². The molecule has 0 spiro atoms. The number of carbonyl (C=O) groups is 1. The standard InChI is InChI=1S/C16H15F3N6O2.C2HF3O2/c1-9-2-3-10(15(27,8-26)16(17,18)19)6-11(9)12-7-21-13(20)14(24-12)25-22-4-5-23-25;3-2(4,5)1(6)7/h2-7,26-27H,8H2,1H3,(H2,20,21);(H,6,7). The molecule has 34 heavy (non-hydrogen) atoms. The Morgan fingerprint density at radius 3 is 2.15 bits per heavy atom. The topological polar surface area (TPSA) is 160 Å². The third kappa shape index (κ3) is 5.57. The fourth-order valence-corrected chi connectivity index (χ4v) is 2.49. The largest absolute Gasteiger partial charge is 0.490 e. The minimum absolute atomic E-state index is 0.0333. The highest BCUT2D eigenvalue weighted by atomic mass is 19.4. The highest BCUT2D eigenvalue weighted by Gasteiger charge is 2.54. The van der Waals surface area contributed by atoms with E-state index in [0.29, 0.717) is 5.56 Å². The summed E-state index contributed by atoms with van der Waals surface area (Å²) in [6, 6.07) is 3.60. The van der Waals surface area contributed by atoms with E-state index in [4.69, 9.17) is 15.6 Å². The quantitative estimate of drug-likeness (QED) is 0.398. The lowest BCUT2D eigenvalue weighted by Crippen LogP contribution is -2.45. The molecule has 0 saturated heterocycles. The molecule has 0 aliphatic carbocycles. The molecule has 5 N–H and O–H groups in total. The summed E-state index contributed by atoms with van der Waals surface area (Å²) in [4.78, 5) is 18.3. The fraction of sp³-hybridized carbons (Fsp3) is 0.278. The zero-order valence-electron chi connectivity index (χ0n) is 17.0. The smallest absolute Gasteiger partial charge is 0.475 e. The first-order valence-electron chi connectivity index (χ1n) is 8.92. The van der Waals surface area contributed by atoms with Crippen molar-refractivity contribution >= 4 is 11.8 Å². The van der Waals surface area contributed by atoms with Gasteiger partial charge >= 0.3 is 18.3 Å². The van der Waals surface area contributed by atoms with Crippen LogP contribution in [0, 0.1) is 6.92 Å². The van der Waals surface area contributed by atoms with Crippen LogP contribution in [0.5, 0.6) is 0 Å². The second-order valence-corrected chi connectivity index (χ2v) is 6.63. The first-order chi connectivity index (χ1) is 15.6. The monoisotopic (exact) mass is 494 g/mol. The third-order valence-electron chi connectivity index (χ3n) is 4.32. The minimum atomic E-state index is -5.08. The number of aliphatic carboxylic acids is 1. The number of nitrogen functional groups attached to an aromatic ring is 1. The van der Waals surface area contributed by atoms with Crippen LogP contribution in [0.1, 0.15) is 11.1 Å². The Labute approximate surface area is 186 Å². The van der Waals surface area contributed by atoms with Crippen molar-refractivity contribution in [3.05, 3.63) is 47.9 Å². The van der Waals surface area contributed by atoms with Crippen LogP contribution in [0.15, 0.2) is 36.8 Å². The fourth-order valence-electron chi connectivity index (χ4n) is 2.49. The number of hydrogen-bond donors (Lipinski definition) is 4. The number of aromatic nitrogens is 5. The van der Waals surface area contributed by atoms with Crippen LogP contribution >= 0.6 is 0 Å². The molecule has 0 radical (unpaired) electrons. The third-order valence-corrected chi connectivity index (χ3v) is 4.32. The molecule has 0 bridgehead atoms. The maximum Gasteiger partial charge on any atom is 0.490 e. The zero-order chi connectivity index (χ0) is 25.9. The van der Waals surface area contributed by atoms with E-state index < -0.39 is 36.1 Å². The Morgan fingerprint density at radius 1 is 1.12 bits per heavy atom. The van der Waals surface area contributed by atoms with Gasteiger partial charge in [0.1, 0.15) is 0 Å². The molecule has 1 atom stereocenters. The number of aryl methyl sites for hydroxylation is 1. The Kier molecular flexibility index (Phi) is 7.47. The van der Waals surface area contributed by atoms with Gasteiger partial charge in [0.2, 0.25) is 11.4 Å². The van der Waals surface area contributed by atoms with E-state index in [9.17, 15) is 36.6 Å². The van der Waals surface area contributed by atoms with Crippen molar-refractivity contribution in [3.63, 3.8) is 0 Å². The Morgan fingerprint density at radius 2 is 1.68 bits per heavy atom. The molecule has 0 aliphatic heterocycles. The molecule has 10 nitrogen and oxygen atoms in total. The van der Waals surface area contributed by atoms with Crippen molar-refractivity contribution in [2.24, 2.45) is 0 Å². The summed E-state index contributed by atoms with van der Waals surface area (Å²) >= 11 is 0. The number of aliphatic hydroxyl groups excluding tert-OH is 1. The van der Waals surface area contributed by atoms with Crippen molar-refractivity contribution in [1.29, 1.82) is 0 Å². The number of halogens is 6. The van der Waals surface area contributed by atoms with Gasteiger partial charge in [0.15, 0.2) is 5.82 Å². The summed E-state index contributed by atoms with van der Waals surface area (Å²) in [5.41, 5.74) is 2.93. The van der Waals surface area contributed by atoms with Crippen LogP contribution in [0.25, 0.3) is 17.1 Å². The second kappa shape index (κ2) is 9.60. The normalized spacial score (nSPS) is 13.6. The van der Waals surface area contributed by atoms with Crippen LogP contribution in [0.4, 0.5) is 32.2 Å². The van der Waals surface area contributed by atoms with Gasteiger partial charge in [-0.3, -0.25) is 0 Å². The van der Waals surface area contributed by atoms with E-state index in [1.165, 1.54) is 24.7 Å². The van der Waals surface area contributed by atoms with Crippen LogP contribution in [-0.4, -0.2) is 65.2 Å². The number of alkyl halides is 6. The lowest BCUT2D eigenvalue weighted by atomic mass is 9.90. The predicted molar refractivity (Wildman–Crippen MR) is 102 cm³/mol. The number of nitrogens with zero attached hydrogens (tertiary/aromatic N) is 5. The number of rotatable bonds is 4. The van der Waals surface area contributed by atoms with Crippen LogP contribution in [-0.2, 0) is 10.4 Å². The van der Waals surface area contributed by atoms with Gasteiger partial charge in [0, 0.05) is 5.56 Å². The number of aliphatic hydroxyl groups is 2. The lowest BCUT2D eigenvalue weighted by molar-refractivity contribution is -0.277. The van der Waals surface area contributed by atoms with Crippen molar-refractivity contribution in [2.75, 3.05) is 12.3 Å². The molecule has 16 heteroatoms. The Balaban J connectivity index is 0.000000509. The summed E-state index contributed by atoms with van der Waals surface area (Å²) in [7, 11) is 0. The van der Waals surface area contributed by atoms with Gasteiger partial charge in [-0.15, -0.1) is 4.80 Å². The molecule has 0 saturated carbocycles. The van der Waals surface area contributed by atoms with Crippen LogP contribution < -0.4 is 5.73 Å². The molecule has 2 heterocycles. The Hall–Kier alpha value is -3.79. The number of benzene rings is 1. The van der Waals surface area contributed by atoms with E-state index in [0.717, 1.165) is 16.9 Å². The summed E-state index contributed by atoms with van der Waals surface area (Å²) in [5.74, 6) is -2.62. The van der Waals surface area contributed by atoms with Crippen molar-refractivity contribution < 1.29 is 46.5 Å².